The lowest BCUT2D eigenvalue weighted by Gasteiger charge is -2.12. The molecule has 1 aliphatic rings. The van der Waals surface area contributed by atoms with Crippen LogP contribution in [-0.4, -0.2) is 11.6 Å². The number of ketones is 2. The van der Waals surface area contributed by atoms with Crippen molar-refractivity contribution in [3.63, 3.8) is 0 Å². The number of hydrogen-bond donors (Lipinski definition) is 0. The maximum atomic E-state index is 12.6. The summed E-state index contributed by atoms with van der Waals surface area (Å²) in [5.74, 6) is 0.810. The van der Waals surface area contributed by atoms with E-state index in [-0.39, 0.29) is 5.78 Å². The summed E-state index contributed by atoms with van der Waals surface area (Å²) in [5.41, 5.74) is 2.54. The zero-order chi connectivity index (χ0) is 14.7. The van der Waals surface area contributed by atoms with E-state index in [1.165, 1.54) is 0 Å². The molecule has 0 bridgehead atoms. The molecule has 1 atom stereocenters. The minimum absolute atomic E-state index is 0.0653. The molecule has 2 nitrogen and oxygen atoms in total. The smallest absolute Gasteiger partial charge is 0.193 e. The van der Waals surface area contributed by atoms with Crippen LogP contribution in [0.2, 0.25) is 0 Å². The van der Waals surface area contributed by atoms with E-state index in [0.29, 0.717) is 30.1 Å². The number of Topliss-reactive ketones (excluding diaryl/α,β-unsaturated/α-hetero) is 1. The zero-order valence-corrected chi connectivity index (χ0v) is 11.9. The minimum atomic E-state index is 0.0653. The van der Waals surface area contributed by atoms with Crippen molar-refractivity contribution in [3.8, 4) is 0 Å². The van der Waals surface area contributed by atoms with Gasteiger partial charge in [0, 0.05) is 24.0 Å². The maximum absolute atomic E-state index is 12.6. The molecule has 0 N–H and O–H groups in total. The zero-order valence-electron chi connectivity index (χ0n) is 11.9. The van der Waals surface area contributed by atoms with E-state index in [9.17, 15) is 9.59 Å². The number of rotatable bonds is 4. The molecule has 2 aromatic carbocycles. The van der Waals surface area contributed by atoms with Gasteiger partial charge in [-0.05, 0) is 24.3 Å². The monoisotopic (exact) mass is 278 g/mol. The van der Waals surface area contributed by atoms with Gasteiger partial charge in [-0.3, -0.25) is 9.59 Å². The number of carbonyl (C=O) groups excluding carboxylic acids is 2. The lowest BCUT2D eigenvalue weighted by atomic mass is 9.91. The van der Waals surface area contributed by atoms with E-state index >= 15 is 0 Å². The molecule has 0 aromatic heterocycles. The standard InChI is InChI=1S/C19H18O2/c20-17-11-10-14(13-17)12-16-8-4-5-9-18(16)19(21)15-6-2-1-3-7-15/h1-9,14H,10-13H2/t14-/m1/s1. The Hall–Kier alpha value is -2.22. The first kappa shape index (κ1) is 13.7. The normalized spacial score (nSPS) is 17.9. The van der Waals surface area contributed by atoms with Crippen molar-refractivity contribution >= 4 is 11.6 Å². The Labute approximate surface area is 124 Å². The molecule has 2 heteroatoms. The third-order valence-corrected chi connectivity index (χ3v) is 4.15. The summed E-state index contributed by atoms with van der Waals surface area (Å²) in [5, 5.41) is 0. The first-order chi connectivity index (χ1) is 10.2. The van der Waals surface area contributed by atoms with Crippen molar-refractivity contribution in [1.82, 2.24) is 0 Å². The van der Waals surface area contributed by atoms with Gasteiger partial charge >= 0.3 is 0 Å². The van der Waals surface area contributed by atoms with Gasteiger partial charge in [0.15, 0.2) is 5.78 Å². The van der Waals surface area contributed by atoms with Crippen LogP contribution in [0.3, 0.4) is 0 Å². The van der Waals surface area contributed by atoms with Gasteiger partial charge in [-0.25, -0.2) is 0 Å². The molecular weight excluding hydrogens is 260 g/mol. The third kappa shape index (κ3) is 3.10. The van der Waals surface area contributed by atoms with E-state index in [1.54, 1.807) is 0 Å². The second-order valence-electron chi connectivity index (χ2n) is 5.70. The van der Waals surface area contributed by atoms with E-state index in [1.807, 2.05) is 54.6 Å². The lowest BCUT2D eigenvalue weighted by Crippen LogP contribution is -2.09. The van der Waals surface area contributed by atoms with Gasteiger partial charge in [0.25, 0.3) is 0 Å². The molecule has 1 aliphatic carbocycles. The molecular formula is C19H18O2. The average molecular weight is 278 g/mol. The van der Waals surface area contributed by atoms with Crippen molar-refractivity contribution in [2.24, 2.45) is 5.92 Å². The maximum Gasteiger partial charge on any atom is 0.193 e. The molecule has 2 aromatic rings. The van der Waals surface area contributed by atoms with Gasteiger partial charge in [0.1, 0.15) is 5.78 Å². The van der Waals surface area contributed by atoms with Gasteiger partial charge in [-0.1, -0.05) is 54.6 Å². The van der Waals surface area contributed by atoms with Gasteiger partial charge in [0.2, 0.25) is 0 Å². The molecule has 1 fully saturated rings. The van der Waals surface area contributed by atoms with Gasteiger partial charge in [-0.2, -0.15) is 0 Å². The third-order valence-electron chi connectivity index (χ3n) is 4.15. The van der Waals surface area contributed by atoms with Crippen LogP contribution in [0.5, 0.6) is 0 Å². The molecule has 0 saturated heterocycles. The Morgan fingerprint density at radius 3 is 2.43 bits per heavy atom. The highest BCUT2D eigenvalue weighted by Gasteiger charge is 2.24. The van der Waals surface area contributed by atoms with E-state index in [0.717, 1.165) is 24.0 Å². The van der Waals surface area contributed by atoms with Gasteiger partial charge in [-0.15, -0.1) is 0 Å². The predicted molar refractivity (Wildman–Crippen MR) is 82.4 cm³/mol. The van der Waals surface area contributed by atoms with Gasteiger partial charge in [0.05, 0.1) is 0 Å². The molecule has 3 rings (SSSR count). The summed E-state index contributed by atoms with van der Waals surface area (Å²) < 4.78 is 0. The lowest BCUT2D eigenvalue weighted by molar-refractivity contribution is -0.117. The first-order valence-electron chi connectivity index (χ1n) is 7.43. The Morgan fingerprint density at radius 1 is 1.00 bits per heavy atom. The second kappa shape index (κ2) is 6.04. The Balaban J connectivity index is 1.86. The Bertz CT molecular complexity index is 658. The van der Waals surface area contributed by atoms with Crippen LogP contribution in [0.4, 0.5) is 0 Å². The average Bonchev–Trinajstić information content (AvgIpc) is 2.93. The molecule has 0 aliphatic heterocycles. The van der Waals surface area contributed by atoms with Crippen molar-refractivity contribution in [2.75, 3.05) is 0 Å². The highest BCUT2D eigenvalue weighted by molar-refractivity contribution is 6.09. The summed E-state index contributed by atoms with van der Waals surface area (Å²) in [7, 11) is 0. The van der Waals surface area contributed by atoms with E-state index in [2.05, 4.69) is 0 Å². The Kier molecular flexibility index (Phi) is 3.96. The van der Waals surface area contributed by atoms with Crippen molar-refractivity contribution in [2.45, 2.75) is 25.7 Å². The van der Waals surface area contributed by atoms with Crippen LogP contribution < -0.4 is 0 Å². The summed E-state index contributed by atoms with van der Waals surface area (Å²) >= 11 is 0. The van der Waals surface area contributed by atoms with Crippen LogP contribution in [0.1, 0.15) is 40.7 Å². The second-order valence-corrected chi connectivity index (χ2v) is 5.70. The Morgan fingerprint density at radius 2 is 1.71 bits per heavy atom. The highest BCUT2D eigenvalue weighted by atomic mass is 16.1. The number of benzene rings is 2. The summed E-state index contributed by atoms with van der Waals surface area (Å²) in [4.78, 5) is 24.1. The van der Waals surface area contributed by atoms with E-state index in [4.69, 9.17) is 0 Å². The van der Waals surface area contributed by atoms with Crippen LogP contribution in [0.25, 0.3) is 0 Å². The van der Waals surface area contributed by atoms with Crippen molar-refractivity contribution in [3.05, 3.63) is 71.3 Å². The summed E-state index contributed by atoms with van der Waals surface area (Å²) in [6.07, 6.45) is 3.13. The fourth-order valence-corrected chi connectivity index (χ4v) is 3.04. The molecule has 0 spiro atoms. The van der Waals surface area contributed by atoms with Crippen LogP contribution in [0.15, 0.2) is 54.6 Å². The molecule has 106 valence electrons. The summed E-state index contributed by atoms with van der Waals surface area (Å²) in [6.45, 7) is 0. The van der Waals surface area contributed by atoms with Crippen molar-refractivity contribution in [1.29, 1.82) is 0 Å². The van der Waals surface area contributed by atoms with Crippen LogP contribution >= 0.6 is 0 Å². The SMILES string of the molecule is O=C1CC[C@H](Cc2ccccc2C(=O)c2ccccc2)C1. The molecule has 0 unspecified atom stereocenters. The van der Waals surface area contributed by atoms with Gasteiger partial charge < -0.3 is 0 Å². The van der Waals surface area contributed by atoms with E-state index < -0.39 is 0 Å². The highest BCUT2D eigenvalue weighted by Crippen LogP contribution is 2.27. The molecule has 0 radical (unpaired) electrons. The van der Waals surface area contributed by atoms with Crippen LogP contribution in [0, 0.1) is 5.92 Å². The number of hydrogen-bond acceptors (Lipinski definition) is 2. The van der Waals surface area contributed by atoms with Crippen molar-refractivity contribution < 1.29 is 9.59 Å². The molecule has 0 heterocycles. The largest absolute Gasteiger partial charge is 0.300 e. The topological polar surface area (TPSA) is 34.1 Å². The fraction of sp³-hybridized carbons (Fsp3) is 0.263. The summed E-state index contributed by atoms with van der Waals surface area (Å²) in [6, 6.07) is 17.1. The predicted octanol–water partition coefficient (Wildman–Crippen LogP) is 3.83. The van der Waals surface area contributed by atoms with Crippen LogP contribution in [-0.2, 0) is 11.2 Å². The molecule has 0 amide bonds. The minimum Gasteiger partial charge on any atom is -0.300 e. The molecule has 21 heavy (non-hydrogen) atoms. The first-order valence-corrected chi connectivity index (χ1v) is 7.43. The number of carbonyl (C=O) groups is 2. The quantitative estimate of drug-likeness (QED) is 0.796. The molecule has 1 saturated carbocycles. The fourth-order valence-electron chi connectivity index (χ4n) is 3.04.